The predicted octanol–water partition coefficient (Wildman–Crippen LogP) is 2.55. The van der Waals surface area contributed by atoms with Gasteiger partial charge in [-0.05, 0) is 50.2 Å². The largest absolute Gasteiger partial charge is 0.497 e. The van der Waals surface area contributed by atoms with Crippen molar-refractivity contribution in [1.29, 1.82) is 0 Å². The molecule has 8 nitrogen and oxygen atoms in total. The van der Waals surface area contributed by atoms with E-state index in [4.69, 9.17) is 14.2 Å². The summed E-state index contributed by atoms with van der Waals surface area (Å²) < 4.78 is 16.4. The van der Waals surface area contributed by atoms with E-state index >= 15 is 0 Å². The molecule has 0 radical (unpaired) electrons. The van der Waals surface area contributed by atoms with E-state index in [9.17, 15) is 9.59 Å². The van der Waals surface area contributed by atoms with Gasteiger partial charge in [0.2, 0.25) is 0 Å². The average Bonchev–Trinajstić information content (AvgIpc) is 2.77. The molecule has 2 aromatic carbocycles. The second-order valence-corrected chi connectivity index (χ2v) is 7.87. The summed E-state index contributed by atoms with van der Waals surface area (Å²) in [6, 6.07) is 13.8. The van der Waals surface area contributed by atoms with Gasteiger partial charge in [-0.2, -0.15) is 0 Å². The lowest BCUT2D eigenvalue weighted by Gasteiger charge is -2.35. The maximum atomic E-state index is 12.4. The first-order chi connectivity index (χ1) is 15.4. The SMILES string of the molecule is COc1cccc(NC(=O)COc2ccc(C(=O)NCCN3C[C@H](C)O[C@@H](C)C3)cc2)c1. The van der Waals surface area contributed by atoms with Crippen LogP contribution in [0.1, 0.15) is 24.2 Å². The number of carbonyl (C=O) groups excluding carboxylic acids is 2. The fourth-order valence-electron chi connectivity index (χ4n) is 3.65. The zero-order valence-corrected chi connectivity index (χ0v) is 18.8. The van der Waals surface area contributed by atoms with Gasteiger partial charge in [0, 0.05) is 43.5 Å². The van der Waals surface area contributed by atoms with Gasteiger partial charge < -0.3 is 24.8 Å². The van der Waals surface area contributed by atoms with Crippen LogP contribution < -0.4 is 20.1 Å². The quantitative estimate of drug-likeness (QED) is 0.622. The van der Waals surface area contributed by atoms with Crippen LogP contribution in [-0.4, -0.2) is 68.8 Å². The number of amides is 2. The molecule has 32 heavy (non-hydrogen) atoms. The minimum atomic E-state index is -0.285. The van der Waals surface area contributed by atoms with Crippen molar-refractivity contribution < 1.29 is 23.8 Å². The second kappa shape index (κ2) is 11.5. The molecular weight excluding hydrogens is 410 g/mol. The molecule has 172 valence electrons. The maximum absolute atomic E-state index is 12.4. The molecule has 0 aliphatic carbocycles. The molecule has 1 saturated heterocycles. The Hall–Kier alpha value is -3.10. The van der Waals surface area contributed by atoms with Gasteiger partial charge in [0.1, 0.15) is 11.5 Å². The van der Waals surface area contributed by atoms with E-state index in [1.54, 1.807) is 55.6 Å². The van der Waals surface area contributed by atoms with Crippen molar-refractivity contribution in [2.24, 2.45) is 0 Å². The number of hydrogen-bond acceptors (Lipinski definition) is 6. The van der Waals surface area contributed by atoms with Gasteiger partial charge in [-0.15, -0.1) is 0 Å². The number of nitrogens with one attached hydrogen (secondary N) is 2. The lowest BCUT2D eigenvalue weighted by atomic mass is 10.2. The molecule has 1 heterocycles. The molecule has 0 saturated carbocycles. The standard InChI is InChI=1S/C24H31N3O5/c1-17-14-27(15-18(2)32-17)12-11-25-24(29)19-7-9-21(10-8-19)31-16-23(28)26-20-5-4-6-22(13-20)30-3/h4-10,13,17-18H,11-12,14-16H2,1-3H3,(H,25,29)(H,26,28)/t17-,18-/m0/s1. The third-order valence-electron chi connectivity index (χ3n) is 5.05. The smallest absolute Gasteiger partial charge is 0.262 e. The van der Waals surface area contributed by atoms with E-state index in [2.05, 4.69) is 29.4 Å². The van der Waals surface area contributed by atoms with Gasteiger partial charge in [-0.1, -0.05) is 6.07 Å². The molecule has 2 aromatic rings. The summed E-state index contributed by atoms with van der Waals surface area (Å²) in [6.45, 7) is 7.09. The number of anilines is 1. The molecule has 3 rings (SSSR count). The van der Waals surface area contributed by atoms with Gasteiger partial charge in [0.05, 0.1) is 19.3 Å². The Kier molecular flexibility index (Phi) is 8.47. The Morgan fingerprint density at radius 3 is 2.47 bits per heavy atom. The zero-order chi connectivity index (χ0) is 22.9. The number of benzene rings is 2. The van der Waals surface area contributed by atoms with Crippen LogP contribution in [0.3, 0.4) is 0 Å². The van der Waals surface area contributed by atoms with Crippen molar-refractivity contribution in [3.8, 4) is 11.5 Å². The summed E-state index contributed by atoms with van der Waals surface area (Å²) in [7, 11) is 1.57. The summed E-state index contributed by atoms with van der Waals surface area (Å²) in [5.74, 6) is 0.749. The Morgan fingerprint density at radius 1 is 1.06 bits per heavy atom. The van der Waals surface area contributed by atoms with Crippen molar-refractivity contribution in [2.75, 3.05) is 45.2 Å². The molecule has 1 aliphatic heterocycles. The summed E-state index contributed by atoms with van der Waals surface area (Å²) in [6.07, 6.45) is 0.416. The lowest BCUT2D eigenvalue weighted by Crippen LogP contribution is -2.47. The van der Waals surface area contributed by atoms with Gasteiger partial charge in [0.25, 0.3) is 11.8 Å². The number of hydrogen-bond donors (Lipinski definition) is 2. The van der Waals surface area contributed by atoms with Crippen molar-refractivity contribution in [3.63, 3.8) is 0 Å². The highest BCUT2D eigenvalue weighted by Crippen LogP contribution is 2.17. The van der Waals surface area contributed by atoms with Crippen LogP contribution in [0.2, 0.25) is 0 Å². The first kappa shape index (κ1) is 23.6. The molecule has 2 N–H and O–H groups in total. The van der Waals surface area contributed by atoms with E-state index in [1.807, 2.05) is 0 Å². The van der Waals surface area contributed by atoms with Crippen LogP contribution in [0.15, 0.2) is 48.5 Å². The zero-order valence-electron chi connectivity index (χ0n) is 18.8. The number of morpholine rings is 1. The molecule has 2 amide bonds. The van der Waals surface area contributed by atoms with E-state index in [0.29, 0.717) is 29.3 Å². The average molecular weight is 442 g/mol. The number of carbonyl (C=O) groups is 2. The summed E-state index contributed by atoms with van der Waals surface area (Å²) >= 11 is 0. The van der Waals surface area contributed by atoms with Crippen molar-refractivity contribution in [2.45, 2.75) is 26.1 Å². The predicted molar refractivity (Wildman–Crippen MR) is 122 cm³/mol. The van der Waals surface area contributed by atoms with Gasteiger partial charge in [-0.3, -0.25) is 14.5 Å². The molecule has 1 fully saturated rings. The van der Waals surface area contributed by atoms with Crippen LogP contribution >= 0.6 is 0 Å². The minimum absolute atomic E-state index is 0.137. The van der Waals surface area contributed by atoms with Crippen molar-refractivity contribution >= 4 is 17.5 Å². The Balaban J connectivity index is 1.40. The highest BCUT2D eigenvalue weighted by molar-refractivity contribution is 5.94. The Bertz CT molecular complexity index is 893. The molecule has 1 aliphatic rings. The molecule has 0 bridgehead atoms. The first-order valence-electron chi connectivity index (χ1n) is 10.8. The van der Waals surface area contributed by atoms with Crippen LogP contribution in [-0.2, 0) is 9.53 Å². The third kappa shape index (κ3) is 7.25. The normalized spacial score (nSPS) is 18.6. The number of ether oxygens (including phenoxy) is 3. The Labute approximate surface area is 188 Å². The van der Waals surface area contributed by atoms with Gasteiger partial charge >= 0.3 is 0 Å². The number of rotatable bonds is 9. The molecule has 0 spiro atoms. The van der Waals surface area contributed by atoms with E-state index in [-0.39, 0.29) is 30.6 Å². The molecular formula is C24H31N3O5. The van der Waals surface area contributed by atoms with Crippen LogP contribution in [0.25, 0.3) is 0 Å². The second-order valence-electron chi connectivity index (χ2n) is 7.87. The van der Waals surface area contributed by atoms with E-state index in [1.165, 1.54) is 0 Å². The lowest BCUT2D eigenvalue weighted by molar-refractivity contribution is -0.118. The fraction of sp³-hybridized carbons (Fsp3) is 0.417. The minimum Gasteiger partial charge on any atom is -0.497 e. The summed E-state index contributed by atoms with van der Waals surface area (Å²) in [5.41, 5.74) is 1.17. The summed E-state index contributed by atoms with van der Waals surface area (Å²) in [5, 5.41) is 5.70. The summed E-state index contributed by atoms with van der Waals surface area (Å²) in [4.78, 5) is 26.8. The maximum Gasteiger partial charge on any atom is 0.262 e. The number of methoxy groups -OCH3 is 1. The molecule has 2 atom stereocenters. The highest BCUT2D eigenvalue weighted by Gasteiger charge is 2.21. The van der Waals surface area contributed by atoms with Gasteiger partial charge in [-0.25, -0.2) is 0 Å². The first-order valence-corrected chi connectivity index (χ1v) is 10.8. The van der Waals surface area contributed by atoms with Crippen molar-refractivity contribution in [1.82, 2.24) is 10.2 Å². The fourth-order valence-corrected chi connectivity index (χ4v) is 3.65. The van der Waals surface area contributed by atoms with Crippen LogP contribution in [0.5, 0.6) is 11.5 Å². The Morgan fingerprint density at radius 2 is 1.78 bits per heavy atom. The van der Waals surface area contributed by atoms with Gasteiger partial charge in [0.15, 0.2) is 6.61 Å². The van der Waals surface area contributed by atoms with Crippen molar-refractivity contribution in [3.05, 3.63) is 54.1 Å². The topological polar surface area (TPSA) is 89.1 Å². The van der Waals surface area contributed by atoms with Crippen LogP contribution in [0, 0.1) is 0 Å². The molecule has 0 unspecified atom stereocenters. The van der Waals surface area contributed by atoms with E-state index < -0.39 is 0 Å². The van der Waals surface area contributed by atoms with Crippen LogP contribution in [0.4, 0.5) is 5.69 Å². The number of nitrogens with zero attached hydrogens (tertiary/aromatic N) is 1. The monoisotopic (exact) mass is 441 g/mol. The third-order valence-corrected chi connectivity index (χ3v) is 5.05. The highest BCUT2D eigenvalue weighted by atomic mass is 16.5. The molecule has 8 heteroatoms. The molecule has 0 aromatic heterocycles. The van der Waals surface area contributed by atoms with E-state index in [0.717, 1.165) is 19.6 Å².